The normalized spacial score (nSPS) is 13.5. The third kappa shape index (κ3) is 4.45. The summed E-state index contributed by atoms with van der Waals surface area (Å²) in [6, 6.07) is 21.3. The highest BCUT2D eigenvalue weighted by Gasteiger charge is 2.41. The van der Waals surface area contributed by atoms with Gasteiger partial charge in [0.2, 0.25) is 0 Å². The van der Waals surface area contributed by atoms with Crippen LogP contribution in [0.25, 0.3) is 5.57 Å². The fourth-order valence-corrected chi connectivity index (χ4v) is 3.76. The number of anilines is 2. The summed E-state index contributed by atoms with van der Waals surface area (Å²) in [7, 11) is 3.09. The van der Waals surface area contributed by atoms with E-state index in [4.69, 9.17) is 14.2 Å². The van der Waals surface area contributed by atoms with E-state index in [1.807, 2.05) is 32.0 Å². The fourth-order valence-electron chi connectivity index (χ4n) is 3.76. The number of carbonyl (C=O) groups is 2. The van der Waals surface area contributed by atoms with Crippen LogP contribution < -0.4 is 24.4 Å². The standard InChI is InChI=1S/C27H26N2O5/c1-17(2)34-23-13-9-8-12-22(23)29-26(30)24(18-10-6-5-7-11-18)25(27(29)31)28-19-14-20(32-3)16-21(15-19)33-4/h5-17,28H,1-4H3. The van der Waals surface area contributed by atoms with Gasteiger partial charge in [-0.3, -0.25) is 9.59 Å². The van der Waals surface area contributed by atoms with Crippen LogP contribution in [-0.4, -0.2) is 32.1 Å². The molecule has 7 heteroatoms. The van der Waals surface area contributed by atoms with E-state index >= 15 is 0 Å². The molecule has 0 radical (unpaired) electrons. The van der Waals surface area contributed by atoms with Gasteiger partial charge in [0.25, 0.3) is 11.8 Å². The Kier molecular flexibility index (Phi) is 6.54. The summed E-state index contributed by atoms with van der Waals surface area (Å²) in [5, 5.41) is 3.15. The second-order valence-corrected chi connectivity index (χ2v) is 7.92. The van der Waals surface area contributed by atoms with E-state index < -0.39 is 11.8 Å². The van der Waals surface area contributed by atoms with E-state index in [9.17, 15) is 9.59 Å². The topological polar surface area (TPSA) is 77.1 Å². The van der Waals surface area contributed by atoms with Crippen molar-refractivity contribution in [1.29, 1.82) is 0 Å². The SMILES string of the molecule is COc1cc(NC2=C(c3ccccc3)C(=O)N(c3ccccc3OC(C)C)C2=O)cc(OC)c1. The zero-order chi connectivity index (χ0) is 24.2. The van der Waals surface area contributed by atoms with Crippen molar-refractivity contribution in [1.82, 2.24) is 0 Å². The summed E-state index contributed by atoms with van der Waals surface area (Å²) in [5.74, 6) is 0.635. The van der Waals surface area contributed by atoms with Gasteiger partial charge in [-0.15, -0.1) is 0 Å². The van der Waals surface area contributed by atoms with Crippen molar-refractivity contribution in [2.45, 2.75) is 20.0 Å². The molecule has 0 aliphatic carbocycles. The van der Waals surface area contributed by atoms with Gasteiger partial charge in [0.05, 0.1) is 31.6 Å². The monoisotopic (exact) mass is 458 g/mol. The Morgan fingerprint density at radius 3 is 2.03 bits per heavy atom. The summed E-state index contributed by atoms with van der Waals surface area (Å²) in [5.41, 5.74) is 1.99. The Bertz CT molecular complexity index is 1230. The number of ether oxygens (including phenoxy) is 3. The first-order chi connectivity index (χ1) is 16.4. The Morgan fingerprint density at radius 1 is 0.794 bits per heavy atom. The van der Waals surface area contributed by atoms with Crippen LogP contribution in [-0.2, 0) is 9.59 Å². The number of amides is 2. The maximum Gasteiger partial charge on any atom is 0.282 e. The molecule has 4 rings (SSSR count). The van der Waals surface area contributed by atoms with E-state index in [0.717, 1.165) is 4.90 Å². The van der Waals surface area contributed by atoms with Gasteiger partial charge in [-0.2, -0.15) is 0 Å². The summed E-state index contributed by atoms with van der Waals surface area (Å²) in [6.45, 7) is 3.78. The molecule has 0 spiro atoms. The molecule has 3 aromatic rings. The highest BCUT2D eigenvalue weighted by molar-refractivity contribution is 6.46. The Morgan fingerprint density at radius 2 is 1.41 bits per heavy atom. The minimum atomic E-state index is -0.481. The molecule has 1 aliphatic rings. The zero-order valence-electron chi connectivity index (χ0n) is 19.5. The number of hydrogen-bond acceptors (Lipinski definition) is 6. The molecule has 0 bridgehead atoms. The van der Waals surface area contributed by atoms with Crippen LogP contribution in [0.1, 0.15) is 19.4 Å². The van der Waals surface area contributed by atoms with Crippen LogP contribution in [0, 0.1) is 0 Å². The molecule has 0 saturated carbocycles. The first kappa shape index (κ1) is 22.9. The van der Waals surface area contributed by atoms with E-state index in [1.165, 1.54) is 0 Å². The molecule has 0 saturated heterocycles. The van der Waals surface area contributed by atoms with Gasteiger partial charge in [-0.1, -0.05) is 42.5 Å². The van der Waals surface area contributed by atoms with Crippen LogP contribution in [0.15, 0.2) is 78.5 Å². The molecule has 0 atom stereocenters. The van der Waals surface area contributed by atoms with Crippen molar-refractivity contribution in [2.75, 3.05) is 24.4 Å². The van der Waals surface area contributed by atoms with Gasteiger partial charge in [0, 0.05) is 23.9 Å². The maximum atomic E-state index is 13.7. The molecule has 0 unspecified atom stereocenters. The number of hydrogen-bond donors (Lipinski definition) is 1. The van der Waals surface area contributed by atoms with Crippen LogP contribution in [0.4, 0.5) is 11.4 Å². The molecular formula is C27H26N2O5. The predicted octanol–water partition coefficient (Wildman–Crippen LogP) is 4.89. The zero-order valence-corrected chi connectivity index (χ0v) is 19.5. The molecule has 34 heavy (non-hydrogen) atoms. The number of methoxy groups -OCH3 is 2. The molecule has 3 aromatic carbocycles. The molecule has 1 heterocycles. The third-order valence-electron chi connectivity index (χ3n) is 5.24. The number of imide groups is 1. The van der Waals surface area contributed by atoms with Crippen molar-refractivity contribution < 1.29 is 23.8 Å². The lowest BCUT2D eigenvalue weighted by atomic mass is 10.0. The number of nitrogens with zero attached hydrogens (tertiary/aromatic N) is 1. The van der Waals surface area contributed by atoms with E-state index in [1.54, 1.807) is 68.8 Å². The average Bonchev–Trinajstić information content (AvgIpc) is 3.08. The van der Waals surface area contributed by atoms with Crippen molar-refractivity contribution >= 4 is 28.8 Å². The van der Waals surface area contributed by atoms with Crippen LogP contribution in [0.2, 0.25) is 0 Å². The molecule has 2 amide bonds. The van der Waals surface area contributed by atoms with Crippen LogP contribution in [0.5, 0.6) is 17.2 Å². The largest absolute Gasteiger partial charge is 0.497 e. The summed E-state index contributed by atoms with van der Waals surface area (Å²) in [4.78, 5) is 28.6. The lowest BCUT2D eigenvalue weighted by molar-refractivity contribution is -0.120. The molecular weight excluding hydrogens is 432 g/mol. The summed E-state index contributed by atoms with van der Waals surface area (Å²) < 4.78 is 16.6. The van der Waals surface area contributed by atoms with E-state index in [-0.39, 0.29) is 17.4 Å². The molecule has 1 N–H and O–H groups in total. The van der Waals surface area contributed by atoms with E-state index in [0.29, 0.717) is 34.2 Å². The quantitative estimate of drug-likeness (QED) is 0.485. The molecule has 174 valence electrons. The fraction of sp³-hybridized carbons (Fsp3) is 0.185. The molecule has 0 fully saturated rings. The maximum absolute atomic E-state index is 13.7. The van der Waals surface area contributed by atoms with Gasteiger partial charge < -0.3 is 19.5 Å². The van der Waals surface area contributed by atoms with Crippen molar-refractivity contribution in [3.63, 3.8) is 0 Å². The summed E-state index contributed by atoms with van der Waals surface area (Å²) in [6.07, 6.45) is -0.127. The third-order valence-corrected chi connectivity index (χ3v) is 5.24. The molecule has 0 aromatic heterocycles. The van der Waals surface area contributed by atoms with Gasteiger partial charge in [0.15, 0.2) is 0 Å². The second kappa shape index (κ2) is 9.70. The Labute approximate surface area is 198 Å². The first-order valence-electron chi connectivity index (χ1n) is 10.9. The highest BCUT2D eigenvalue weighted by atomic mass is 16.5. The second-order valence-electron chi connectivity index (χ2n) is 7.92. The molecule has 1 aliphatic heterocycles. The lowest BCUT2D eigenvalue weighted by Gasteiger charge is -2.20. The predicted molar refractivity (Wildman–Crippen MR) is 131 cm³/mol. The Hall–Kier alpha value is -4.26. The molecule has 7 nitrogen and oxygen atoms in total. The van der Waals surface area contributed by atoms with Crippen molar-refractivity contribution in [2.24, 2.45) is 0 Å². The number of benzene rings is 3. The minimum Gasteiger partial charge on any atom is -0.497 e. The van der Waals surface area contributed by atoms with Gasteiger partial charge in [-0.25, -0.2) is 4.90 Å². The van der Waals surface area contributed by atoms with Gasteiger partial charge >= 0.3 is 0 Å². The number of rotatable bonds is 8. The summed E-state index contributed by atoms with van der Waals surface area (Å²) >= 11 is 0. The number of carbonyl (C=O) groups excluding carboxylic acids is 2. The van der Waals surface area contributed by atoms with Crippen LogP contribution in [0.3, 0.4) is 0 Å². The average molecular weight is 459 g/mol. The van der Waals surface area contributed by atoms with Crippen molar-refractivity contribution in [3.8, 4) is 17.2 Å². The van der Waals surface area contributed by atoms with Crippen LogP contribution >= 0.6 is 0 Å². The number of para-hydroxylation sites is 2. The minimum absolute atomic E-state index is 0.127. The van der Waals surface area contributed by atoms with Gasteiger partial charge in [0.1, 0.15) is 22.9 Å². The smallest absolute Gasteiger partial charge is 0.282 e. The van der Waals surface area contributed by atoms with Crippen molar-refractivity contribution in [3.05, 3.63) is 84.1 Å². The lowest BCUT2D eigenvalue weighted by Crippen LogP contribution is -2.33. The number of nitrogens with one attached hydrogen (secondary N) is 1. The highest BCUT2D eigenvalue weighted by Crippen LogP contribution is 2.38. The van der Waals surface area contributed by atoms with E-state index in [2.05, 4.69) is 5.32 Å². The Balaban J connectivity index is 1.82. The first-order valence-corrected chi connectivity index (χ1v) is 10.9. The van der Waals surface area contributed by atoms with Gasteiger partial charge in [-0.05, 0) is 31.5 Å².